The van der Waals surface area contributed by atoms with Crippen LogP contribution in [0.1, 0.15) is 16.2 Å². The van der Waals surface area contributed by atoms with E-state index in [9.17, 15) is 9.90 Å². The molecule has 1 heterocycles. The molecule has 0 atom stereocenters. The highest BCUT2D eigenvalue weighted by Crippen LogP contribution is 2.31. The van der Waals surface area contributed by atoms with Crippen molar-refractivity contribution in [1.29, 1.82) is 5.26 Å². The van der Waals surface area contributed by atoms with Gasteiger partial charge in [0.15, 0.2) is 11.4 Å². The zero-order chi connectivity index (χ0) is 13.3. The van der Waals surface area contributed by atoms with E-state index in [1.54, 1.807) is 18.2 Å². The van der Waals surface area contributed by atoms with Crippen molar-refractivity contribution in [3.63, 3.8) is 0 Å². The highest BCUT2D eigenvalue weighted by Gasteiger charge is 2.17. The molecule has 2 aromatic rings. The van der Waals surface area contributed by atoms with Crippen LogP contribution in [0.2, 0.25) is 0 Å². The lowest BCUT2D eigenvalue weighted by Gasteiger charge is -2.08. The molecule has 2 rings (SSSR count). The lowest BCUT2D eigenvalue weighted by atomic mass is 10.1. The minimum atomic E-state index is -0.887. The second-order valence-corrected chi connectivity index (χ2v) is 3.55. The highest BCUT2D eigenvalue weighted by atomic mass is 16.5. The number of benzene rings is 1. The van der Waals surface area contributed by atoms with E-state index in [0.29, 0.717) is 16.5 Å². The number of pyridine rings is 1. The van der Waals surface area contributed by atoms with Crippen LogP contribution in [-0.2, 0) is 0 Å². The first-order valence-corrected chi connectivity index (χ1v) is 4.99. The third-order valence-corrected chi connectivity index (χ3v) is 2.52. The Morgan fingerprint density at radius 3 is 2.78 bits per heavy atom. The number of primary amides is 1. The van der Waals surface area contributed by atoms with Gasteiger partial charge in [0.25, 0.3) is 5.91 Å². The zero-order valence-electron chi connectivity index (χ0n) is 9.47. The van der Waals surface area contributed by atoms with E-state index < -0.39 is 5.91 Å². The number of aromatic hydroxyl groups is 1. The second kappa shape index (κ2) is 4.22. The van der Waals surface area contributed by atoms with Gasteiger partial charge in [-0.05, 0) is 18.2 Å². The maximum atomic E-state index is 11.1. The number of carbonyl (C=O) groups excluding carboxylic acids is 1. The number of aromatic nitrogens is 1. The lowest BCUT2D eigenvalue weighted by molar-refractivity contribution is 0.0993. The Hall–Kier alpha value is -2.81. The number of ether oxygens (including phenoxy) is 1. The van der Waals surface area contributed by atoms with E-state index in [4.69, 9.17) is 15.7 Å². The van der Waals surface area contributed by atoms with Crippen molar-refractivity contribution < 1.29 is 14.6 Å². The summed E-state index contributed by atoms with van der Waals surface area (Å²) in [6.07, 6.45) is 0. The van der Waals surface area contributed by atoms with E-state index >= 15 is 0 Å². The fraction of sp³-hybridized carbons (Fsp3) is 0.0833. The number of methoxy groups -OCH3 is 1. The minimum Gasteiger partial charge on any atom is -0.505 e. The Morgan fingerprint density at radius 2 is 2.22 bits per heavy atom. The molecular formula is C12H9N3O3. The molecule has 0 aliphatic heterocycles. The molecule has 3 N–H and O–H groups in total. The van der Waals surface area contributed by atoms with Crippen molar-refractivity contribution in [3.8, 4) is 17.6 Å². The molecule has 1 aromatic heterocycles. The molecule has 0 aliphatic carbocycles. The maximum absolute atomic E-state index is 11.1. The molecule has 0 spiro atoms. The number of hydrogen-bond donors (Lipinski definition) is 2. The van der Waals surface area contributed by atoms with Crippen LogP contribution in [0.4, 0.5) is 0 Å². The molecule has 1 amide bonds. The smallest absolute Gasteiger partial charge is 0.271 e. The van der Waals surface area contributed by atoms with Gasteiger partial charge in [-0.2, -0.15) is 5.26 Å². The SMILES string of the molecule is COc1ccc2c(O)c(C(N)=O)nc(C#N)c2c1. The van der Waals surface area contributed by atoms with Crippen LogP contribution < -0.4 is 10.5 Å². The van der Waals surface area contributed by atoms with Gasteiger partial charge in [-0.3, -0.25) is 4.79 Å². The van der Waals surface area contributed by atoms with Crippen molar-refractivity contribution in [2.45, 2.75) is 0 Å². The highest BCUT2D eigenvalue weighted by molar-refractivity contribution is 6.02. The normalized spacial score (nSPS) is 10.0. The second-order valence-electron chi connectivity index (χ2n) is 3.55. The van der Waals surface area contributed by atoms with E-state index in [-0.39, 0.29) is 17.1 Å². The minimum absolute atomic E-state index is 0.00972. The molecule has 0 radical (unpaired) electrons. The fourth-order valence-electron chi connectivity index (χ4n) is 1.66. The topological polar surface area (TPSA) is 109 Å². The summed E-state index contributed by atoms with van der Waals surface area (Å²) in [4.78, 5) is 14.9. The Balaban J connectivity index is 2.89. The number of nitriles is 1. The molecule has 1 aromatic carbocycles. The monoisotopic (exact) mass is 243 g/mol. The van der Waals surface area contributed by atoms with Gasteiger partial charge in [0.1, 0.15) is 17.5 Å². The van der Waals surface area contributed by atoms with Gasteiger partial charge in [0.05, 0.1) is 7.11 Å². The number of nitrogens with zero attached hydrogens (tertiary/aromatic N) is 2. The Labute approximate surface area is 102 Å². The van der Waals surface area contributed by atoms with Gasteiger partial charge < -0.3 is 15.6 Å². The number of fused-ring (bicyclic) bond motifs is 1. The Kier molecular flexibility index (Phi) is 2.73. The maximum Gasteiger partial charge on any atom is 0.271 e. The fourth-order valence-corrected chi connectivity index (χ4v) is 1.66. The van der Waals surface area contributed by atoms with Crippen molar-refractivity contribution in [2.75, 3.05) is 7.11 Å². The van der Waals surface area contributed by atoms with Crippen LogP contribution in [0.15, 0.2) is 18.2 Å². The van der Waals surface area contributed by atoms with E-state index in [0.717, 1.165) is 0 Å². The number of amides is 1. The summed E-state index contributed by atoms with van der Waals surface area (Å²) in [5.41, 5.74) is 4.78. The summed E-state index contributed by atoms with van der Waals surface area (Å²) in [5.74, 6) is -0.701. The molecule has 0 bridgehead atoms. The summed E-state index contributed by atoms with van der Waals surface area (Å²) < 4.78 is 5.03. The molecule has 6 nitrogen and oxygen atoms in total. The third-order valence-electron chi connectivity index (χ3n) is 2.52. The van der Waals surface area contributed by atoms with Gasteiger partial charge >= 0.3 is 0 Å². The lowest BCUT2D eigenvalue weighted by Crippen LogP contribution is -2.14. The average Bonchev–Trinajstić information content (AvgIpc) is 2.38. The predicted octanol–water partition coefficient (Wildman–Crippen LogP) is 0.920. The van der Waals surface area contributed by atoms with Crippen LogP contribution in [0.3, 0.4) is 0 Å². The van der Waals surface area contributed by atoms with Gasteiger partial charge in [-0.1, -0.05) is 0 Å². The summed E-state index contributed by atoms with van der Waals surface area (Å²) in [6, 6.07) is 6.56. The predicted molar refractivity (Wildman–Crippen MR) is 63.2 cm³/mol. The molecule has 0 aliphatic rings. The first-order valence-electron chi connectivity index (χ1n) is 4.99. The molecular weight excluding hydrogens is 234 g/mol. The van der Waals surface area contributed by atoms with Crippen molar-refractivity contribution in [2.24, 2.45) is 5.73 Å². The number of nitrogens with two attached hydrogens (primary N) is 1. The number of carbonyl (C=O) groups is 1. The van der Waals surface area contributed by atoms with E-state index in [2.05, 4.69) is 4.98 Å². The quantitative estimate of drug-likeness (QED) is 0.815. The van der Waals surface area contributed by atoms with Gasteiger partial charge in [-0.15, -0.1) is 0 Å². The molecule has 0 saturated carbocycles. The van der Waals surface area contributed by atoms with Gasteiger partial charge in [0.2, 0.25) is 0 Å². The van der Waals surface area contributed by atoms with Crippen LogP contribution in [0, 0.1) is 11.3 Å². The summed E-state index contributed by atoms with van der Waals surface area (Å²) in [7, 11) is 1.48. The van der Waals surface area contributed by atoms with Crippen LogP contribution >= 0.6 is 0 Å². The van der Waals surface area contributed by atoms with Crippen LogP contribution in [-0.4, -0.2) is 23.1 Å². The number of hydrogen-bond acceptors (Lipinski definition) is 5. The van der Waals surface area contributed by atoms with Gasteiger partial charge in [-0.25, -0.2) is 4.98 Å². The molecule has 0 fully saturated rings. The zero-order valence-corrected chi connectivity index (χ0v) is 9.47. The van der Waals surface area contributed by atoms with Crippen molar-refractivity contribution in [3.05, 3.63) is 29.6 Å². The molecule has 6 heteroatoms. The van der Waals surface area contributed by atoms with Crippen LogP contribution in [0.5, 0.6) is 11.5 Å². The number of rotatable bonds is 2. The van der Waals surface area contributed by atoms with Gasteiger partial charge in [0, 0.05) is 10.8 Å². The first-order chi connectivity index (χ1) is 8.58. The Morgan fingerprint density at radius 1 is 1.50 bits per heavy atom. The summed E-state index contributed by atoms with van der Waals surface area (Å²) in [6.45, 7) is 0. The van der Waals surface area contributed by atoms with Crippen molar-refractivity contribution >= 4 is 16.7 Å². The molecule has 18 heavy (non-hydrogen) atoms. The van der Waals surface area contributed by atoms with Crippen LogP contribution in [0.25, 0.3) is 10.8 Å². The molecule has 90 valence electrons. The third kappa shape index (κ3) is 1.68. The average molecular weight is 243 g/mol. The Bertz CT molecular complexity index is 689. The first kappa shape index (κ1) is 11.7. The standard InChI is InChI=1S/C12H9N3O3/c1-18-6-2-3-7-8(4-6)9(5-13)15-10(11(7)16)12(14)17/h2-4,16H,1H3,(H2,14,17). The van der Waals surface area contributed by atoms with E-state index in [1.165, 1.54) is 7.11 Å². The van der Waals surface area contributed by atoms with E-state index in [1.807, 2.05) is 6.07 Å². The largest absolute Gasteiger partial charge is 0.505 e. The summed E-state index contributed by atoms with van der Waals surface area (Å²) in [5, 5.41) is 19.6. The molecule has 0 saturated heterocycles. The molecule has 0 unspecified atom stereocenters. The summed E-state index contributed by atoms with van der Waals surface area (Å²) >= 11 is 0. The van der Waals surface area contributed by atoms with Crippen molar-refractivity contribution in [1.82, 2.24) is 4.98 Å².